The monoisotopic (exact) mass is 242 g/mol. The van der Waals surface area contributed by atoms with Crippen LogP contribution in [0.15, 0.2) is 30.5 Å². The van der Waals surface area contributed by atoms with Crippen LogP contribution in [0.1, 0.15) is 11.3 Å². The number of aromatic nitrogens is 2. The van der Waals surface area contributed by atoms with E-state index in [2.05, 4.69) is 5.10 Å². The van der Waals surface area contributed by atoms with Crippen molar-refractivity contribution in [1.29, 1.82) is 0 Å². The molecule has 0 aliphatic rings. The fourth-order valence-corrected chi connectivity index (χ4v) is 1.40. The Morgan fingerprint density at radius 3 is 2.47 bits per heavy atom. The number of phenols is 1. The van der Waals surface area contributed by atoms with Crippen LogP contribution in [0.5, 0.6) is 5.75 Å². The summed E-state index contributed by atoms with van der Waals surface area (Å²) in [5.41, 5.74) is 0.102. The highest BCUT2D eigenvalue weighted by Crippen LogP contribution is 2.28. The van der Waals surface area contributed by atoms with Gasteiger partial charge in [0.2, 0.25) is 0 Å². The second-order valence-electron chi connectivity index (χ2n) is 3.61. The molecule has 0 unspecified atom stereocenters. The lowest BCUT2D eigenvalue weighted by molar-refractivity contribution is -0.141. The molecule has 1 heterocycles. The SMILES string of the molecule is Cc1cc(-n2ccc(C(F)(F)F)n2)ccc1O. The van der Waals surface area contributed by atoms with E-state index in [9.17, 15) is 18.3 Å². The Bertz CT molecular complexity index is 546. The summed E-state index contributed by atoms with van der Waals surface area (Å²) in [5.74, 6) is 0.0944. The first kappa shape index (κ1) is 11.5. The van der Waals surface area contributed by atoms with Crippen molar-refractivity contribution < 1.29 is 18.3 Å². The van der Waals surface area contributed by atoms with Gasteiger partial charge in [0, 0.05) is 6.20 Å². The topological polar surface area (TPSA) is 38.0 Å². The van der Waals surface area contributed by atoms with Crippen LogP contribution >= 0.6 is 0 Å². The fraction of sp³-hybridized carbons (Fsp3) is 0.182. The number of hydrogen-bond acceptors (Lipinski definition) is 2. The minimum absolute atomic E-state index is 0.0944. The van der Waals surface area contributed by atoms with E-state index in [4.69, 9.17) is 0 Å². The van der Waals surface area contributed by atoms with Crippen LogP contribution in [0.2, 0.25) is 0 Å². The number of phenolic OH excluding ortho intramolecular Hbond substituents is 1. The molecule has 2 rings (SSSR count). The van der Waals surface area contributed by atoms with Crippen LogP contribution in [0.3, 0.4) is 0 Å². The maximum absolute atomic E-state index is 12.3. The molecular weight excluding hydrogens is 233 g/mol. The smallest absolute Gasteiger partial charge is 0.435 e. The van der Waals surface area contributed by atoms with Crippen molar-refractivity contribution in [2.75, 3.05) is 0 Å². The van der Waals surface area contributed by atoms with Crippen LogP contribution < -0.4 is 0 Å². The van der Waals surface area contributed by atoms with E-state index in [1.54, 1.807) is 13.0 Å². The Hall–Kier alpha value is -1.98. The molecule has 0 fully saturated rings. The standard InChI is InChI=1S/C11H9F3N2O/c1-7-6-8(2-3-9(7)17)16-5-4-10(15-16)11(12,13)14/h2-6,17H,1H3. The molecule has 0 radical (unpaired) electrons. The van der Waals surface area contributed by atoms with Gasteiger partial charge >= 0.3 is 6.18 Å². The normalized spacial score (nSPS) is 11.8. The van der Waals surface area contributed by atoms with Crippen molar-refractivity contribution in [3.63, 3.8) is 0 Å². The average molecular weight is 242 g/mol. The molecule has 0 aliphatic carbocycles. The Morgan fingerprint density at radius 2 is 1.94 bits per heavy atom. The third kappa shape index (κ3) is 2.25. The second-order valence-corrected chi connectivity index (χ2v) is 3.61. The van der Waals surface area contributed by atoms with Gasteiger partial charge in [0.15, 0.2) is 5.69 Å². The highest BCUT2D eigenvalue weighted by molar-refractivity contribution is 5.42. The predicted molar refractivity (Wildman–Crippen MR) is 55.0 cm³/mol. The maximum atomic E-state index is 12.3. The molecule has 2 aromatic rings. The third-order valence-corrected chi connectivity index (χ3v) is 2.32. The van der Waals surface area contributed by atoms with Gasteiger partial charge in [-0.15, -0.1) is 0 Å². The molecule has 3 nitrogen and oxygen atoms in total. The number of aryl methyl sites for hydroxylation is 1. The van der Waals surface area contributed by atoms with Gasteiger partial charge in [0.1, 0.15) is 5.75 Å². The molecule has 1 aromatic carbocycles. The molecule has 1 aromatic heterocycles. The molecule has 0 atom stereocenters. The van der Waals surface area contributed by atoms with Crippen LogP contribution in [-0.2, 0) is 6.18 Å². The van der Waals surface area contributed by atoms with E-state index in [1.807, 2.05) is 0 Å². The first-order valence-corrected chi connectivity index (χ1v) is 4.81. The summed E-state index contributed by atoms with van der Waals surface area (Å²) in [4.78, 5) is 0. The van der Waals surface area contributed by atoms with Gasteiger partial charge in [-0.1, -0.05) is 0 Å². The lowest BCUT2D eigenvalue weighted by Crippen LogP contribution is -2.07. The van der Waals surface area contributed by atoms with Gasteiger partial charge < -0.3 is 5.11 Å². The Balaban J connectivity index is 2.40. The summed E-state index contributed by atoms with van der Waals surface area (Å²) in [6.45, 7) is 1.66. The van der Waals surface area contributed by atoms with Crippen LogP contribution in [0, 0.1) is 6.92 Å². The molecule has 90 valence electrons. The zero-order chi connectivity index (χ0) is 12.6. The quantitative estimate of drug-likeness (QED) is 0.834. The minimum Gasteiger partial charge on any atom is -0.508 e. The van der Waals surface area contributed by atoms with E-state index in [-0.39, 0.29) is 5.75 Å². The number of hydrogen-bond donors (Lipinski definition) is 1. The molecule has 0 bridgehead atoms. The van der Waals surface area contributed by atoms with Gasteiger partial charge in [0.05, 0.1) is 5.69 Å². The fourth-order valence-electron chi connectivity index (χ4n) is 1.40. The van der Waals surface area contributed by atoms with E-state index in [0.717, 1.165) is 10.7 Å². The number of benzene rings is 1. The Labute approximate surface area is 95.1 Å². The molecule has 17 heavy (non-hydrogen) atoms. The third-order valence-electron chi connectivity index (χ3n) is 2.32. The summed E-state index contributed by atoms with van der Waals surface area (Å²) < 4.78 is 38.2. The van der Waals surface area contributed by atoms with Gasteiger partial charge in [-0.2, -0.15) is 18.3 Å². The highest BCUT2D eigenvalue weighted by Gasteiger charge is 2.33. The molecule has 6 heteroatoms. The van der Waals surface area contributed by atoms with Crippen molar-refractivity contribution in [3.05, 3.63) is 41.7 Å². The van der Waals surface area contributed by atoms with E-state index < -0.39 is 11.9 Å². The average Bonchev–Trinajstić information content (AvgIpc) is 2.70. The number of aromatic hydroxyl groups is 1. The number of rotatable bonds is 1. The van der Waals surface area contributed by atoms with Gasteiger partial charge in [-0.05, 0) is 36.8 Å². The number of halogens is 3. The van der Waals surface area contributed by atoms with Crippen LogP contribution in [-0.4, -0.2) is 14.9 Å². The van der Waals surface area contributed by atoms with Crippen LogP contribution in [0.25, 0.3) is 5.69 Å². The molecule has 1 N–H and O–H groups in total. The lowest BCUT2D eigenvalue weighted by Gasteiger charge is -2.05. The largest absolute Gasteiger partial charge is 0.508 e. The van der Waals surface area contributed by atoms with Crippen molar-refractivity contribution in [2.45, 2.75) is 13.1 Å². The second kappa shape index (κ2) is 3.80. The van der Waals surface area contributed by atoms with Gasteiger partial charge in [-0.25, -0.2) is 4.68 Å². The summed E-state index contributed by atoms with van der Waals surface area (Å²) in [5, 5.41) is 12.7. The van der Waals surface area contributed by atoms with Crippen molar-refractivity contribution >= 4 is 0 Å². The van der Waals surface area contributed by atoms with E-state index >= 15 is 0 Å². The zero-order valence-electron chi connectivity index (χ0n) is 8.86. The summed E-state index contributed by atoms with van der Waals surface area (Å²) >= 11 is 0. The molecule has 0 saturated carbocycles. The highest BCUT2D eigenvalue weighted by atomic mass is 19.4. The minimum atomic E-state index is -4.45. The Kier molecular flexibility index (Phi) is 2.57. The molecule has 0 spiro atoms. The lowest BCUT2D eigenvalue weighted by atomic mass is 10.2. The summed E-state index contributed by atoms with van der Waals surface area (Å²) in [6, 6.07) is 5.37. The van der Waals surface area contributed by atoms with Crippen molar-refractivity contribution in [2.24, 2.45) is 0 Å². The van der Waals surface area contributed by atoms with E-state index in [0.29, 0.717) is 11.3 Å². The predicted octanol–water partition coefficient (Wildman–Crippen LogP) is 2.91. The van der Waals surface area contributed by atoms with Crippen molar-refractivity contribution in [3.8, 4) is 11.4 Å². The number of alkyl halides is 3. The molecule has 0 saturated heterocycles. The zero-order valence-corrected chi connectivity index (χ0v) is 8.86. The van der Waals surface area contributed by atoms with Crippen LogP contribution in [0.4, 0.5) is 13.2 Å². The maximum Gasteiger partial charge on any atom is 0.435 e. The number of nitrogens with zero attached hydrogens (tertiary/aromatic N) is 2. The van der Waals surface area contributed by atoms with E-state index in [1.165, 1.54) is 18.3 Å². The summed E-state index contributed by atoms with van der Waals surface area (Å²) in [7, 11) is 0. The first-order chi connectivity index (χ1) is 7.88. The molecule has 0 amide bonds. The van der Waals surface area contributed by atoms with Gasteiger partial charge in [0.25, 0.3) is 0 Å². The van der Waals surface area contributed by atoms with Crippen molar-refractivity contribution in [1.82, 2.24) is 9.78 Å². The summed E-state index contributed by atoms with van der Waals surface area (Å²) in [6.07, 6.45) is -3.22. The van der Waals surface area contributed by atoms with Gasteiger partial charge in [-0.3, -0.25) is 0 Å². The first-order valence-electron chi connectivity index (χ1n) is 4.81. The Morgan fingerprint density at radius 1 is 1.24 bits per heavy atom. The molecule has 0 aliphatic heterocycles. The molecular formula is C11H9F3N2O.